The van der Waals surface area contributed by atoms with Crippen LogP contribution in [0.2, 0.25) is 0 Å². The van der Waals surface area contributed by atoms with E-state index in [1.165, 1.54) is 0 Å². The standard InChI is InChI=1S/C24H20F4N2O7/c25-13-1-3-15(17(27)11-13)19(16-4-2-14(26)12-18(16)28)34-10-9-29-7-5-24(6-8-29)22-30(23(33)36-24)37-21(32)20(31)35-22/h1-4,11-12,19,22H,5-10H2. The van der Waals surface area contributed by atoms with Crippen LogP contribution in [0.1, 0.15) is 30.1 Å². The fraction of sp³-hybridized carbons (Fsp3) is 0.375. The van der Waals surface area contributed by atoms with E-state index in [0.717, 1.165) is 24.3 Å². The summed E-state index contributed by atoms with van der Waals surface area (Å²) in [6, 6.07) is 5.61. The minimum absolute atomic E-state index is 0.00671. The zero-order valence-electron chi connectivity index (χ0n) is 19.1. The Bertz CT molecular complexity index is 1200. The number of rotatable bonds is 6. The van der Waals surface area contributed by atoms with Crippen molar-refractivity contribution in [3.05, 3.63) is 70.8 Å². The van der Waals surface area contributed by atoms with Crippen LogP contribution in [0.5, 0.6) is 0 Å². The fourth-order valence-electron chi connectivity index (χ4n) is 4.67. The number of ether oxygens (including phenoxy) is 3. The number of fused-ring (bicyclic) bond motifs is 2. The van der Waals surface area contributed by atoms with Crippen molar-refractivity contribution < 1.29 is 51.0 Å². The van der Waals surface area contributed by atoms with Crippen LogP contribution in [-0.2, 0) is 28.6 Å². The Balaban J connectivity index is 1.24. The highest BCUT2D eigenvalue weighted by atomic mass is 19.1. The fourth-order valence-corrected chi connectivity index (χ4v) is 4.67. The molecular weight excluding hydrogens is 504 g/mol. The van der Waals surface area contributed by atoms with Gasteiger partial charge >= 0.3 is 18.0 Å². The third-order valence-corrected chi connectivity index (χ3v) is 6.58. The number of likely N-dealkylation sites (tertiary alicyclic amines) is 1. The predicted octanol–water partition coefficient (Wildman–Crippen LogP) is 2.98. The second-order valence-corrected chi connectivity index (χ2v) is 8.82. The molecule has 13 heteroatoms. The van der Waals surface area contributed by atoms with Gasteiger partial charge in [0.2, 0.25) is 0 Å². The molecule has 1 unspecified atom stereocenters. The molecule has 5 rings (SSSR count). The Kier molecular flexibility index (Phi) is 6.50. The van der Waals surface area contributed by atoms with Crippen LogP contribution in [-0.4, -0.2) is 66.1 Å². The topological polar surface area (TPSA) is 94.6 Å². The molecule has 37 heavy (non-hydrogen) atoms. The van der Waals surface area contributed by atoms with Gasteiger partial charge in [-0.15, -0.1) is 0 Å². The van der Waals surface area contributed by atoms with Crippen LogP contribution in [0.3, 0.4) is 0 Å². The number of amides is 1. The zero-order chi connectivity index (χ0) is 26.3. The average molecular weight is 524 g/mol. The lowest BCUT2D eigenvalue weighted by Crippen LogP contribution is -2.57. The van der Waals surface area contributed by atoms with Gasteiger partial charge in [-0.05, 0) is 12.1 Å². The van der Waals surface area contributed by atoms with Crippen molar-refractivity contribution in [3.63, 3.8) is 0 Å². The van der Waals surface area contributed by atoms with E-state index < -0.39 is 59.2 Å². The van der Waals surface area contributed by atoms with Crippen LogP contribution < -0.4 is 0 Å². The first-order valence-electron chi connectivity index (χ1n) is 11.4. The van der Waals surface area contributed by atoms with Gasteiger partial charge in [-0.2, -0.15) is 0 Å². The number of hydroxylamine groups is 2. The molecule has 1 amide bonds. The van der Waals surface area contributed by atoms with Crippen LogP contribution in [0, 0.1) is 23.3 Å². The van der Waals surface area contributed by atoms with E-state index in [4.69, 9.17) is 19.0 Å². The van der Waals surface area contributed by atoms with Crippen LogP contribution in [0.15, 0.2) is 36.4 Å². The minimum Gasteiger partial charge on any atom is -0.434 e. The Morgan fingerprint density at radius 3 is 2.08 bits per heavy atom. The second kappa shape index (κ2) is 9.63. The number of hydrogen-bond donors (Lipinski definition) is 0. The highest BCUT2D eigenvalue weighted by Crippen LogP contribution is 2.41. The van der Waals surface area contributed by atoms with Crippen molar-refractivity contribution in [1.82, 2.24) is 9.96 Å². The predicted molar refractivity (Wildman–Crippen MR) is 113 cm³/mol. The van der Waals surface area contributed by atoms with Gasteiger partial charge in [0.25, 0.3) is 6.23 Å². The maximum Gasteiger partial charge on any atom is 0.447 e. The van der Waals surface area contributed by atoms with Gasteiger partial charge in [0.05, 0.1) is 6.61 Å². The number of carbonyl (C=O) groups is 3. The van der Waals surface area contributed by atoms with Gasteiger partial charge in [-0.3, -0.25) is 0 Å². The molecule has 0 aliphatic carbocycles. The molecule has 0 radical (unpaired) electrons. The van der Waals surface area contributed by atoms with E-state index in [2.05, 4.69) is 0 Å². The molecule has 2 aromatic carbocycles. The van der Waals surface area contributed by atoms with E-state index in [-0.39, 0.29) is 30.6 Å². The number of carbonyl (C=O) groups excluding carboxylic acids is 3. The number of hydrogen-bond acceptors (Lipinski definition) is 8. The van der Waals surface area contributed by atoms with E-state index in [1.807, 2.05) is 4.90 Å². The average Bonchev–Trinajstić information content (AvgIpc) is 3.09. The summed E-state index contributed by atoms with van der Waals surface area (Å²) in [7, 11) is 0. The smallest absolute Gasteiger partial charge is 0.434 e. The molecule has 196 valence electrons. The quantitative estimate of drug-likeness (QED) is 0.324. The molecule has 2 aromatic rings. The molecule has 0 N–H and O–H groups in total. The lowest BCUT2D eigenvalue weighted by molar-refractivity contribution is -0.251. The first-order chi connectivity index (χ1) is 17.7. The molecular formula is C24H20F4N2O7. The molecule has 3 aliphatic heterocycles. The van der Waals surface area contributed by atoms with Crippen LogP contribution >= 0.6 is 0 Å². The van der Waals surface area contributed by atoms with Crippen molar-refractivity contribution in [2.75, 3.05) is 26.2 Å². The third-order valence-electron chi connectivity index (χ3n) is 6.58. The molecule has 1 spiro atoms. The van der Waals surface area contributed by atoms with Crippen molar-refractivity contribution in [3.8, 4) is 0 Å². The lowest BCUT2D eigenvalue weighted by atomic mass is 9.89. The number of nitrogens with zero attached hydrogens (tertiary/aromatic N) is 2. The Hall–Kier alpha value is -3.71. The summed E-state index contributed by atoms with van der Waals surface area (Å²) < 4.78 is 72.2. The van der Waals surface area contributed by atoms with Crippen LogP contribution in [0.4, 0.5) is 22.4 Å². The highest BCUT2D eigenvalue weighted by molar-refractivity contribution is 6.30. The molecule has 3 heterocycles. The van der Waals surface area contributed by atoms with Gasteiger partial charge in [0, 0.05) is 55.7 Å². The summed E-state index contributed by atoms with van der Waals surface area (Å²) in [4.78, 5) is 41.8. The number of piperidine rings is 1. The van der Waals surface area contributed by atoms with Crippen molar-refractivity contribution >= 4 is 18.0 Å². The summed E-state index contributed by atoms with van der Waals surface area (Å²) in [6.07, 6.45) is -2.91. The summed E-state index contributed by atoms with van der Waals surface area (Å²) >= 11 is 0. The molecule has 0 bridgehead atoms. The molecule has 0 aromatic heterocycles. The van der Waals surface area contributed by atoms with Crippen molar-refractivity contribution in [2.24, 2.45) is 0 Å². The second-order valence-electron chi connectivity index (χ2n) is 8.82. The number of esters is 1. The van der Waals surface area contributed by atoms with Gasteiger partial charge < -0.3 is 23.9 Å². The summed E-state index contributed by atoms with van der Waals surface area (Å²) in [5, 5.41) is 0.613. The maximum absolute atomic E-state index is 14.5. The van der Waals surface area contributed by atoms with E-state index >= 15 is 0 Å². The molecule has 3 saturated heterocycles. The molecule has 1 atom stereocenters. The Labute approximate surface area is 207 Å². The molecule has 9 nitrogen and oxygen atoms in total. The lowest BCUT2D eigenvalue weighted by Gasteiger charge is -2.40. The zero-order valence-corrected chi connectivity index (χ0v) is 19.1. The molecule has 3 aliphatic rings. The summed E-state index contributed by atoms with van der Waals surface area (Å²) in [5.41, 5.74) is -1.42. The minimum atomic E-state index is -1.32. The van der Waals surface area contributed by atoms with Gasteiger partial charge in [0.1, 0.15) is 29.4 Å². The normalized spacial score (nSPS) is 21.2. The van der Waals surface area contributed by atoms with Gasteiger partial charge in [-0.25, -0.2) is 31.9 Å². The first kappa shape index (κ1) is 25.0. The van der Waals surface area contributed by atoms with Gasteiger partial charge in [-0.1, -0.05) is 17.2 Å². The highest BCUT2D eigenvalue weighted by Gasteiger charge is 2.62. The SMILES string of the molecule is O=C1OC2N(OC1=O)C(=O)OC21CCN(CCOC(c2ccc(F)cc2F)c2ccc(F)cc2F)CC1. The number of halogens is 4. The Morgan fingerprint density at radius 2 is 1.51 bits per heavy atom. The van der Waals surface area contributed by atoms with Gasteiger partial charge in [0.15, 0.2) is 5.60 Å². The third kappa shape index (κ3) is 4.71. The van der Waals surface area contributed by atoms with Crippen LogP contribution in [0.25, 0.3) is 0 Å². The maximum atomic E-state index is 14.5. The van der Waals surface area contributed by atoms with E-state index in [9.17, 15) is 31.9 Å². The number of benzene rings is 2. The molecule has 0 saturated carbocycles. The summed E-state index contributed by atoms with van der Waals surface area (Å²) in [5.74, 6) is -6.04. The summed E-state index contributed by atoms with van der Waals surface area (Å²) in [6.45, 7) is 1.03. The Morgan fingerprint density at radius 1 is 0.919 bits per heavy atom. The van der Waals surface area contributed by atoms with Crippen molar-refractivity contribution in [2.45, 2.75) is 30.8 Å². The monoisotopic (exact) mass is 524 g/mol. The first-order valence-corrected chi connectivity index (χ1v) is 11.4. The molecule has 3 fully saturated rings. The largest absolute Gasteiger partial charge is 0.447 e. The van der Waals surface area contributed by atoms with E-state index in [0.29, 0.717) is 36.8 Å². The van der Waals surface area contributed by atoms with Crippen molar-refractivity contribution in [1.29, 1.82) is 0 Å². The van der Waals surface area contributed by atoms with E-state index in [1.54, 1.807) is 0 Å².